The average molecular weight is 293 g/mol. The number of primary amides is 1. The summed E-state index contributed by atoms with van der Waals surface area (Å²) in [5.74, 6) is -0.480. The van der Waals surface area contributed by atoms with Gasteiger partial charge < -0.3 is 19.9 Å². The molecule has 0 bridgehead atoms. The molecule has 0 spiro atoms. The minimum atomic E-state index is -0.735. The highest BCUT2D eigenvalue weighted by molar-refractivity contribution is 5.98. The first kappa shape index (κ1) is 14.8. The van der Waals surface area contributed by atoms with Gasteiger partial charge in [0.2, 0.25) is 0 Å². The maximum atomic E-state index is 12.0. The minimum Gasteiger partial charge on any atom is -0.486 e. The van der Waals surface area contributed by atoms with Gasteiger partial charge in [-0.25, -0.2) is 0 Å². The second-order valence-corrected chi connectivity index (χ2v) is 4.41. The molecule has 0 radical (unpaired) electrons. The molecule has 0 aliphatic carbocycles. The molecule has 7 heteroatoms. The van der Waals surface area contributed by atoms with Gasteiger partial charge in [-0.3, -0.25) is 14.4 Å². The van der Waals surface area contributed by atoms with E-state index in [0.29, 0.717) is 30.3 Å². The van der Waals surface area contributed by atoms with E-state index >= 15 is 0 Å². The molecule has 0 saturated carbocycles. The first-order valence-electron chi connectivity index (χ1n) is 6.43. The fourth-order valence-corrected chi connectivity index (χ4v) is 1.80. The summed E-state index contributed by atoms with van der Waals surface area (Å²) in [6, 6.07) is 4.86. The van der Waals surface area contributed by atoms with Gasteiger partial charge in [0, 0.05) is 12.0 Å². The van der Waals surface area contributed by atoms with Crippen LogP contribution in [0.4, 0.5) is 0 Å². The number of nitrogens with two attached hydrogens (primary N) is 1. The van der Waals surface area contributed by atoms with Crippen molar-refractivity contribution in [2.45, 2.75) is 12.8 Å². The number of esters is 1. The van der Waals surface area contributed by atoms with Crippen LogP contribution in [0.3, 0.4) is 0 Å². The molecule has 1 amide bonds. The molecule has 7 nitrogen and oxygen atoms in total. The molecule has 1 aromatic carbocycles. The molecular formula is C14H15NO6. The zero-order valence-electron chi connectivity index (χ0n) is 11.3. The number of hydrogen-bond donors (Lipinski definition) is 1. The molecule has 1 aliphatic heterocycles. The van der Waals surface area contributed by atoms with Crippen LogP contribution >= 0.6 is 0 Å². The summed E-state index contributed by atoms with van der Waals surface area (Å²) in [6.07, 6.45) is -0.127. The Morgan fingerprint density at radius 2 is 1.81 bits per heavy atom. The molecular weight excluding hydrogens is 278 g/mol. The summed E-state index contributed by atoms with van der Waals surface area (Å²) < 4.78 is 15.3. The van der Waals surface area contributed by atoms with E-state index in [1.54, 1.807) is 18.2 Å². The third-order valence-electron chi connectivity index (χ3n) is 2.80. The van der Waals surface area contributed by atoms with Crippen molar-refractivity contribution in [2.24, 2.45) is 5.73 Å². The van der Waals surface area contributed by atoms with Gasteiger partial charge >= 0.3 is 5.97 Å². The summed E-state index contributed by atoms with van der Waals surface area (Å²) in [6.45, 7) is 0.438. The highest BCUT2D eigenvalue weighted by Gasteiger charge is 2.16. The Balaban J connectivity index is 1.88. The number of rotatable bonds is 6. The number of amides is 1. The molecule has 1 aliphatic rings. The van der Waals surface area contributed by atoms with Gasteiger partial charge in [0.25, 0.3) is 5.91 Å². The van der Waals surface area contributed by atoms with Gasteiger partial charge in [0.05, 0.1) is 6.42 Å². The number of ether oxygens (including phenoxy) is 3. The standard InChI is InChI=1S/C14H15NO6/c15-13(17)8-21-14(18)4-2-10(16)9-1-3-11-12(7-9)20-6-5-19-11/h1,3,7H,2,4-6,8H2,(H2,15,17). The SMILES string of the molecule is NC(=O)COC(=O)CCC(=O)c1ccc2c(c1)OCCO2. The van der Waals surface area contributed by atoms with Crippen LogP contribution in [0, 0.1) is 0 Å². The first-order chi connectivity index (χ1) is 10.1. The lowest BCUT2D eigenvalue weighted by atomic mass is 10.1. The van der Waals surface area contributed by atoms with Crippen LogP contribution in [0.25, 0.3) is 0 Å². The molecule has 0 fully saturated rings. The van der Waals surface area contributed by atoms with Crippen molar-refractivity contribution in [1.82, 2.24) is 0 Å². The number of benzene rings is 1. The lowest BCUT2D eigenvalue weighted by Crippen LogP contribution is -2.21. The maximum Gasteiger partial charge on any atom is 0.306 e. The Labute approximate surface area is 121 Å². The quantitative estimate of drug-likeness (QED) is 0.603. The smallest absolute Gasteiger partial charge is 0.306 e. The second kappa shape index (κ2) is 6.74. The van der Waals surface area contributed by atoms with E-state index in [-0.39, 0.29) is 18.6 Å². The van der Waals surface area contributed by atoms with Crippen LogP contribution in [-0.4, -0.2) is 37.5 Å². The molecule has 21 heavy (non-hydrogen) atoms. The van der Waals surface area contributed by atoms with E-state index in [9.17, 15) is 14.4 Å². The Hall–Kier alpha value is -2.57. The van der Waals surface area contributed by atoms with Crippen molar-refractivity contribution in [3.8, 4) is 11.5 Å². The first-order valence-corrected chi connectivity index (χ1v) is 6.43. The van der Waals surface area contributed by atoms with Crippen molar-refractivity contribution < 1.29 is 28.6 Å². The minimum absolute atomic E-state index is 0.0166. The predicted molar refractivity (Wildman–Crippen MR) is 71.1 cm³/mol. The van der Waals surface area contributed by atoms with Gasteiger partial charge in [-0.15, -0.1) is 0 Å². The predicted octanol–water partition coefficient (Wildman–Crippen LogP) is 0.449. The Morgan fingerprint density at radius 3 is 2.52 bits per heavy atom. The number of Topliss-reactive ketones (excluding diaryl/α,β-unsaturated/α-hetero) is 1. The number of hydrogen-bond acceptors (Lipinski definition) is 6. The molecule has 1 aromatic rings. The van der Waals surface area contributed by atoms with Crippen molar-refractivity contribution >= 4 is 17.7 Å². The van der Waals surface area contributed by atoms with Crippen molar-refractivity contribution in [2.75, 3.05) is 19.8 Å². The highest BCUT2D eigenvalue weighted by atomic mass is 16.6. The molecule has 0 aromatic heterocycles. The van der Waals surface area contributed by atoms with Crippen LogP contribution in [0.5, 0.6) is 11.5 Å². The topological polar surface area (TPSA) is 105 Å². The lowest BCUT2D eigenvalue weighted by Gasteiger charge is -2.18. The summed E-state index contributed by atoms with van der Waals surface area (Å²) in [7, 11) is 0. The molecule has 2 N–H and O–H groups in total. The highest BCUT2D eigenvalue weighted by Crippen LogP contribution is 2.31. The molecule has 2 rings (SSSR count). The lowest BCUT2D eigenvalue weighted by molar-refractivity contribution is -0.147. The molecule has 0 unspecified atom stereocenters. The Morgan fingerprint density at radius 1 is 1.10 bits per heavy atom. The number of carbonyl (C=O) groups excluding carboxylic acids is 3. The van der Waals surface area contributed by atoms with Crippen molar-refractivity contribution in [3.05, 3.63) is 23.8 Å². The normalized spacial score (nSPS) is 12.6. The van der Waals surface area contributed by atoms with E-state index in [1.165, 1.54) is 0 Å². The van der Waals surface area contributed by atoms with E-state index < -0.39 is 18.5 Å². The Kier molecular flexibility index (Phi) is 4.76. The zero-order valence-corrected chi connectivity index (χ0v) is 11.3. The number of ketones is 1. The maximum absolute atomic E-state index is 12.0. The zero-order chi connectivity index (χ0) is 15.2. The van der Waals surface area contributed by atoms with E-state index in [4.69, 9.17) is 15.2 Å². The van der Waals surface area contributed by atoms with Crippen LogP contribution in [-0.2, 0) is 14.3 Å². The molecule has 0 saturated heterocycles. The van der Waals surface area contributed by atoms with Crippen molar-refractivity contribution in [1.29, 1.82) is 0 Å². The van der Waals surface area contributed by atoms with Crippen LogP contribution in [0.15, 0.2) is 18.2 Å². The second-order valence-electron chi connectivity index (χ2n) is 4.41. The van der Waals surface area contributed by atoms with Crippen molar-refractivity contribution in [3.63, 3.8) is 0 Å². The Bertz CT molecular complexity index is 569. The fourth-order valence-electron chi connectivity index (χ4n) is 1.80. The third kappa shape index (κ3) is 4.20. The van der Waals surface area contributed by atoms with E-state index in [1.807, 2.05) is 0 Å². The number of fused-ring (bicyclic) bond motifs is 1. The molecule has 112 valence electrons. The summed E-state index contributed by atoms with van der Waals surface area (Å²) in [5.41, 5.74) is 5.28. The number of carbonyl (C=O) groups is 3. The molecule has 0 atom stereocenters. The van der Waals surface area contributed by atoms with Gasteiger partial charge in [0.1, 0.15) is 13.2 Å². The van der Waals surface area contributed by atoms with Crippen LogP contribution in [0.1, 0.15) is 23.2 Å². The van der Waals surface area contributed by atoms with Gasteiger partial charge in [-0.1, -0.05) is 0 Å². The van der Waals surface area contributed by atoms with Crippen LogP contribution in [0.2, 0.25) is 0 Å². The van der Waals surface area contributed by atoms with E-state index in [2.05, 4.69) is 4.74 Å². The summed E-state index contributed by atoms with van der Waals surface area (Å²) in [4.78, 5) is 33.7. The third-order valence-corrected chi connectivity index (χ3v) is 2.80. The monoisotopic (exact) mass is 293 g/mol. The van der Waals surface area contributed by atoms with Crippen LogP contribution < -0.4 is 15.2 Å². The van der Waals surface area contributed by atoms with Gasteiger partial charge in [-0.05, 0) is 18.2 Å². The van der Waals surface area contributed by atoms with Gasteiger partial charge in [-0.2, -0.15) is 0 Å². The van der Waals surface area contributed by atoms with E-state index in [0.717, 1.165) is 0 Å². The van der Waals surface area contributed by atoms with Gasteiger partial charge in [0.15, 0.2) is 23.9 Å². The average Bonchev–Trinajstić information content (AvgIpc) is 2.50. The summed E-state index contributed by atoms with van der Waals surface area (Å²) >= 11 is 0. The largest absolute Gasteiger partial charge is 0.486 e. The summed E-state index contributed by atoms with van der Waals surface area (Å²) in [5, 5.41) is 0. The fraction of sp³-hybridized carbons (Fsp3) is 0.357. The molecule has 1 heterocycles.